The number of aryl methyl sites for hydroxylation is 1. The van der Waals surface area contributed by atoms with Crippen LogP contribution >= 0.6 is 0 Å². The Morgan fingerprint density at radius 3 is 2.58 bits per heavy atom. The SMILES string of the molecule is CCCc1cc(OCc2ccccc2)ccc1/C=C/C(=O)OCC. The topological polar surface area (TPSA) is 35.5 Å². The molecule has 0 radical (unpaired) electrons. The Hall–Kier alpha value is -2.55. The Bertz CT molecular complexity index is 675. The number of hydrogen-bond donors (Lipinski definition) is 0. The molecule has 0 aliphatic rings. The highest BCUT2D eigenvalue weighted by atomic mass is 16.5. The molecule has 3 heteroatoms. The predicted octanol–water partition coefficient (Wildman–Crippen LogP) is 4.79. The van der Waals surface area contributed by atoms with E-state index in [-0.39, 0.29) is 5.97 Å². The van der Waals surface area contributed by atoms with Gasteiger partial charge in [0.1, 0.15) is 12.4 Å². The van der Waals surface area contributed by atoms with Crippen LogP contribution in [0.4, 0.5) is 0 Å². The minimum atomic E-state index is -0.315. The monoisotopic (exact) mass is 324 g/mol. The van der Waals surface area contributed by atoms with Crippen molar-refractivity contribution in [2.24, 2.45) is 0 Å². The standard InChI is InChI=1S/C21H24O3/c1-3-8-19-15-20(24-16-17-9-6-5-7-10-17)13-11-18(19)12-14-21(22)23-4-2/h5-7,9-15H,3-4,8,16H2,1-2H3/b14-12+. The predicted molar refractivity (Wildman–Crippen MR) is 96.9 cm³/mol. The average molecular weight is 324 g/mol. The van der Waals surface area contributed by atoms with Crippen molar-refractivity contribution in [1.82, 2.24) is 0 Å². The van der Waals surface area contributed by atoms with Gasteiger partial charge >= 0.3 is 5.97 Å². The second-order valence-corrected chi connectivity index (χ2v) is 5.47. The molecule has 3 nitrogen and oxygen atoms in total. The fraction of sp³-hybridized carbons (Fsp3) is 0.286. The average Bonchev–Trinajstić information content (AvgIpc) is 2.60. The molecule has 2 rings (SSSR count). The van der Waals surface area contributed by atoms with E-state index < -0.39 is 0 Å². The molecule has 0 fully saturated rings. The molecule has 0 saturated carbocycles. The molecule has 0 heterocycles. The first-order valence-electron chi connectivity index (χ1n) is 8.37. The number of ether oxygens (including phenoxy) is 2. The largest absolute Gasteiger partial charge is 0.489 e. The second kappa shape index (κ2) is 9.56. The van der Waals surface area contributed by atoms with Crippen LogP contribution in [0.2, 0.25) is 0 Å². The molecular formula is C21H24O3. The number of hydrogen-bond acceptors (Lipinski definition) is 3. The normalized spacial score (nSPS) is 10.8. The summed E-state index contributed by atoms with van der Waals surface area (Å²) in [6, 6.07) is 16.1. The van der Waals surface area contributed by atoms with Crippen molar-refractivity contribution in [2.45, 2.75) is 33.3 Å². The number of esters is 1. The summed E-state index contributed by atoms with van der Waals surface area (Å²) in [7, 11) is 0. The van der Waals surface area contributed by atoms with Crippen molar-refractivity contribution in [3.05, 3.63) is 71.3 Å². The van der Waals surface area contributed by atoms with Gasteiger partial charge in [-0.25, -0.2) is 4.79 Å². The quantitative estimate of drug-likeness (QED) is 0.517. The van der Waals surface area contributed by atoms with Crippen LogP contribution in [-0.2, 0) is 22.6 Å². The molecule has 0 atom stereocenters. The zero-order valence-corrected chi connectivity index (χ0v) is 14.3. The molecule has 2 aromatic rings. The highest BCUT2D eigenvalue weighted by molar-refractivity contribution is 5.87. The van der Waals surface area contributed by atoms with Gasteiger partial charge in [-0.2, -0.15) is 0 Å². The van der Waals surface area contributed by atoms with E-state index in [1.807, 2.05) is 48.5 Å². The Kier molecular flexibility index (Phi) is 7.09. The van der Waals surface area contributed by atoms with Crippen molar-refractivity contribution in [2.75, 3.05) is 6.61 Å². The molecule has 0 unspecified atom stereocenters. The van der Waals surface area contributed by atoms with Crippen LogP contribution in [0.3, 0.4) is 0 Å². The molecule has 0 N–H and O–H groups in total. The Morgan fingerprint density at radius 1 is 1.08 bits per heavy atom. The third-order valence-electron chi connectivity index (χ3n) is 3.57. The Morgan fingerprint density at radius 2 is 1.88 bits per heavy atom. The van der Waals surface area contributed by atoms with Crippen LogP contribution in [0.1, 0.15) is 37.0 Å². The maximum atomic E-state index is 11.5. The molecule has 0 saturated heterocycles. The van der Waals surface area contributed by atoms with Crippen molar-refractivity contribution in [3.63, 3.8) is 0 Å². The van der Waals surface area contributed by atoms with Crippen LogP contribution in [0.15, 0.2) is 54.6 Å². The molecule has 0 spiro atoms. The van der Waals surface area contributed by atoms with Crippen molar-refractivity contribution < 1.29 is 14.3 Å². The van der Waals surface area contributed by atoms with E-state index in [4.69, 9.17) is 9.47 Å². The Balaban J connectivity index is 2.09. The molecule has 24 heavy (non-hydrogen) atoms. The summed E-state index contributed by atoms with van der Waals surface area (Å²) in [6.07, 6.45) is 5.25. The number of carbonyl (C=O) groups is 1. The minimum Gasteiger partial charge on any atom is -0.489 e. The summed E-state index contributed by atoms with van der Waals surface area (Å²) < 4.78 is 10.8. The van der Waals surface area contributed by atoms with Crippen LogP contribution in [0.25, 0.3) is 6.08 Å². The molecule has 2 aromatic carbocycles. The van der Waals surface area contributed by atoms with Crippen LogP contribution < -0.4 is 4.74 Å². The summed E-state index contributed by atoms with van der Waals surface area (Å²) in [5, 5.41) is 0. The van der Waals surface area contributed by atoms with Crippen LogP contribution in [0.5, 0.6) is 5.75 Å². The molecule has 0 bridgehead atoms. The molecule has 0 aliphatic carbocycles. The molecule has 126 valence electrons. The minimum absolute atomic E-state index is 0.315. The zero-order valence-electron chi connectivity index (χ0n) is 14.3. The Labute approximate surface area is 143 Å². The molecule has 0 amide bonds. The van der Waals surface area contributed by atoms with Gasteiger partial charge < -0.3 is 9.47 Å². The first-order valence-corrected chi connectivity index (χ1v) is 8.37. The summed E-state index contributed by atoms with van der Waals surface area (Å²) in [5.41, 5.74) is 3.33. The third kappa shape index (κ3) is 5.58. The van der Waals surface area contributed by atoms with Gasteiger partial charge in [-0.3, -0.25) is 0 Å². The summed E-state index contributed by atoms with van der Waals surface area (Å²) in [5.74, 6) is 0.528. The van der Waals surface area contributed by atoms with E-state index in [1.54, 1.807) is 6.92 Å². The van der Waals surface area contributed by atoms with Gasteiger partial charge in [0.05, 0.1) is 6.61 Å². The van der Waals surface area contributed by atoms with Gasteiger partial charge in [-0.15, -0.1) is 0 Å². The van der Waals surface area contributed by atoms with Gasteiger partial charge in [0.25, 0.3) is 0 Å². The second-order valence-electron chi connectivity index (χ2n) is 5.47. The van der Waals surface area contributed by atoms with Crippen LogP contribution in [-0.4, -0.2) is 12.6 Å². The maximum Gasteiger partial charge on any atom is 0.330 e. The first kappa shape index (κ1) is 17.8. The van der Waals surface area contributed by atoms with E-state index in [9.17, 15) is 4.79 Å². The zero-order chi connectivity index (χ0) is 17.2. The van der Waals surface area contributed by atoms with Gasteiger partial charge in [0.2, 0.25) is 0 Å². The summed E-state index contributed by atoms with van der Waals surface area (Å²) >= 11 is 0. The van der Waals surface area contributed by atoms with Crippen molar-refractivity contribution in [1.29, 1.82) is 0 Å². The van der Waals surface area contributed by atoms with Gasteiger partial charge in [-0.05, 0) is 48.2 Å². The van der Waals surface area contributed by atoms with E-state index >= 15 is 0 Å². The lowest BCUT2D eigenvalue weighted by Gasteiger charge is -2.10. The fourth-order valence-corrected chi connectivity index (χ4v) is 2.41. The van der Waals surface area contributed by atoms with E-state index in [2.05, 4.69) is 13.0 Å². The van der Waals surface area contributed by atoms with Gasteiger partial charge in [0, 0.05) is 6.08 Å². The third-order valence-corrected chi connectivity index (χ3v) is 3.57. The van der Waals surface area contributed by atoms with Gasteiger partial charge in [-0.1, -0.05) is 49.7 Å². The fourth-order valence-electron chi connectivity index (χ4n) is 2.41. The highest BCUT2D eigenvalue weighted by Crippen LogP contribution is 2.21. The molecule has 0 aliphatic heterocycles. The lowest BCUT2D eigenvalue weighted by molar-refractivity contribution is -0.137. The molecule has 0 aromatic heterocycles. The summed E-state index contributed by atoms with van der Waals surface area (Å²) in [4.78, 5) is 11.5. The van der Waals surface area contributed by atoms with E-state index in [1.165, 1.54) is 11.6 Å². The van der Waals surface area contributed by atoms with Crippen molar-refractivity contribution in [3.8, 4) is 5.75 Å². The lowest BCUT2D eigenvalue weighted by atomic mass is 10.0. The van der Waals surface area contributed by atoms with E-state index in [0.29, 0.717) is 13.2 Å². The highest BCUT2D eigenvalue weighted by Gasteiger charge is 2.04. The van der Waals surface area contributed by atoms with Gasteiger partial charge in [0.15, 0.2) is 0 Å². The summed E-state index contributed by atoms with van der Waals surface area (Å²) in [6.45, 7) is 4.87. The number of benzene rings is 2. The van der Waals surface area contributed by atoms with Crippen LogP contribution in [0, 0.1) is 0 Å². The van der Waals surface area contributed by atoms with Crippen molar-refractivity contribution >= 4 is 12.0 Å². The number of carbonyl (C=O) groups excluding carboxylic acids is 1. The number of rotatable bonds is 8. The maximum absolute atomic E-state index is 11.5. The van der Waals surface area contributed by atoms with E-state index in [0.717, 1.165) is 29.7 Å². The molecular weight excluding hydrogens is 300 g/mol. The lowest BCUT2D eigenvalue weighted by Crippen LogP contribution is -1.99. The smallest absolute Gasteiger partial charge is 0.330 e. The first-order chi connectivity index (χ1) is 11.7.